The van der Waals surface area contributed by atoms with Gasteiger partial charge in [-0.15, -0.1) is 0 Å². The molecule has 0 radical (unpaired) electrons. The van der Waals surface area contributed by atoms with E-state index in [-0.39, 0.29) is 11.7 Å². The molecule has 0 spiro atoms. The first-order chi connectivity index (χ1) is 6.84. The second-order valence-corrected chi connectivity index (χ2v) is 4.23. The summed E-state index contributed by atoms with van der Waals surface area (Å²) in [6, 6.07) is 4.50. The molecule has 3 atom stereocenters. The molecule has 74 valence electrons. The molecule has 3 heterocycles. The number of carbonyl (C=O) groups excluding carboxylic acids is 1. The Bertz CT molecular complexity index is 344. The van der Waals surface area contributed by atoms with Gasteiger partial charge in [-0.2, -0.15) is 0 Å². The van der Waals surface area contributed by atoms with Crippen LogP contribution < -0.4 is 5.32 Å². The zero-order valence-electron chi connectivity index (χ0n) is 7.90. The highest BCUT2D eigenvalue weighted by molar-refractivity contribution is 5.96. The maximum Gasteiger partial charge on any atom is 0.202 e. The average Bonchev–Trinajstić information content (AvgIpc) is 2.93. The number of nitrogens with one attached hydrogen (secondary N) is 1. The van der Waals surface area contributed by atoms with Gasteiger partial charge in [-0.05, 0) is 31.4 Å². The van der Waals surface area contributed by atoms with Gasteiger partial charge in [-0.25, -0.2) is 0 Å². The van der Waals surface area contributed by atoms with Crippen LogP contribution in [0.25, 0.3) is 0 Å². The first-order valence-electron chi connectivity index (χ1n) is 5.18. The van der Waals surface area contributed by atoms with Crippen molar-refractivity contribution in [2.24, 2.45) is 5.92 Å². The lowest BCUT2D eigenvalue weighted by Gasteiger charge is -2.17. The van der Waals surface area contributed by atoms with E-state index < -0.39 is 0 Å². The van der Waals surface area contributed by atoms with Gasteiger partial charge in [0, 0.05) is 18.0 Å². The summed E-state index contributed by atoms with van der Waals surface area (Å²) < 4.78 is 5.14. The molecule has 2 saturated heterocycles. The predicted molar refractivity (Wildman–Crippen MR) is 51.1 cm³/mol. The Morgan fingerprint density at radius 3 is 3.00 bits per heavy atom. The van der Waals surface area contributed by atoms with E-state index in [1.807, 2.05) is 0 Å². The lowest BCUT2D eigenvalue weighted by atomic mass is 9.85. The van der Waals surface area contributed by atoms with E-state index >= 15 is 0 Å². The third kappa shape index (κ3) is 1.12. The van der Waals surface area contributed by atoms with Crippen LogP contribution in [0.5, 0.6) is 0 Å². The molecule has 3 nitrogen and oxygen atoms in total. The molecule has 14 heavy (non-hydrogen) atoms. The maximum atomic E-state index is 12.0. The van der Waals surface area contributed by atoms with Crippen LogP contribution in [-0.4, -0.2) is 17.9 Å². The van der Waals surface area contributed by atoms with Gasteiger partial charge in [0.2, 0.25) is 5.78 Å². The molecule has 0 aliphatic carbocycles. The fraction of sp³-hybridized carbons (Fsp3) is 0.545. The fourth-order valence-corrected chi connectivity index (χ4v) is 2.72. The van der Waals surface area contributed by atoms with E-state index in [0.717, 1.165) is 12.8 Å². The summed E-state index contributed by atoms with van der Waals surface area (Å²) in [6.45, 7) is 0. The molecule has 2 fully saturated rings. The topological polar surface area (TPSA) is 42.2 Å². The monoisotopic (exact) mass is 191 g/mol. The van der Waals surface area contributed by atoms with Crippen LogP contribution in [0.2, 0.25) is 0 Å². The Morgan fingerprint density at radius 1 is 1.50 bits per heavy atom. The smallest absolute Gasteiger partial charge is 0.202 e. The Kier molecular flexibility index (Phi) is 1.74. The van der Waals surface area contributed by atoms with E-state index in [9.17, 15) is 4.79 Å². The van der Waals surface area contributed by atoms with Crippen molar-refractivity contribution in [1.82, 2.24) is 5.32 Å². The highest BCUT2D eigenvalue weighted by Crippen LogP contribution is 2.35. The van der Waals surface area contributed by atoms with Crippen molar-refractivity contribution < 1.29 is 9.21 Å². The number of ketones is 1. The van der Waals surface area contributed by atoms with Crippen molar-refractivity contribution in [3.63, 3.8) is 0 Å². The van der Waals surface area contributed by atoms with Gasteiger partial charge >= 0.3 is 0 Å². The lowest BCUT2D eigenvalue weighted by Crippen LogP contribution is -2.28. The first-order valence-corrected chi connectivity index (χ1v) is 5.18. The molecule has 3 heteroatoms. The summed E-state index contributed by atoms with van der Waals surface area (Å²) in [5, 5.41) is 3.46. The van der Waals surface area contributed by atoms with Crippen molar-refractivity contribution >= 4 is 5.78 Å². The molecule has 2 bridgehead atoms. The normalized spacial score (nSPS) is 35.0. The Morgan fingerprint density at radius 2 is 2.43 bits per heavy atom. The summed E-state index contributed by atoms with van der Waals surface area (Å²) in [4.78, 5) is 12.0. The number of hydrogen-bond acceptors (Lipinski definition) is 3. The third-order valence-electron chi connectivity index (χ3n) is 3.40. The van der Waals surface area contributed by atoms with Gasteiger partial charge in [0.15, 0.2) is 5.76 Å². The highest BCUT2D eigenvalue weighted by atomic mass is 16.3. The number of rotatable bonds is 2. The number of hydrogen-bond donors (Lipinski definition) is 1. The summed E-state index contributed by atoms with van der Waals surface area (Å²) in [5.74, 6) is 0.846. The number of fused-ring (bicyclic) bond motifs is 2. The SMILES string of the molecule is O=C(c1ccco1)C1CC2CCC1N2. The molecule has 2 aliphatic heterocycles. The van der Waals surface area contributed by atoms with Crippen molar-refractivity contribution in [2.45, 2.75) is 31.3 Å². The molecule has 1 N–H and O–H groups in total. The summed E-state index contributed by atoms with van der Waals surface area (Å²) in [5.41, 5.74) is 0. The minimum absolute atomic E-state index is 0.153. The molecule has 0 saturated carbocycles. The second kappa shape index (κ2) is 2.95. The minimum Gasteiger partial charge on any atom is -0.461 e. The maximum absolute atomic E-state index is 12.0. The fourth-order valence-electron chi connectivity index (χ4n) is 2.72. The molecule has 3 unspecified atom stereocenters. The molecule has 0 aromatic carbocycles. The standard InChI is InChI=1S/C11H13NO2/c13-11(10-2-1-5-14-10)8-6-7-3-4-9(8)12-7/h1-2,5,7-9,12H,3-4,6H2. The van der Waals surface area contributed by atoms with Crippen LogP contribution in [0.1, 0.15) is 29.8 Å². The van der Waals surface area contributed by atoms with Gasteiger partial charge in [-0.3, -0.25) is 4.79 Å². The predicted octanol–water partition coefficient (Wildman–Crippen LogP) is 1.60. The minimum atomic E-state index is 0.153. The Hall–Kier alpha value is -1.09. The van der Waals surface area contributed by atoms with Gasteiger partial charge in [0.25, 0.3) is 0 Å². The number of carbonyl (C=O) groups is 1. The van der Waals surface area contributed by atoms with Gasteiger partial charge < -0.3 is 9.73 Å². The molecule has 1 aromatic rings. The average molecular weight is 191 g/mol. The number of Topliss-reactive ketones (excluding diaryl/α,β-unsaturated/α-hetero) is 1. The van der Waals surface area contributed by atoms with E-state index in [4.69, 9.17) is 4.42 Å². The van der Waals surface area contributed by atoms with Gasteiger partial charge in [0.1, 0.15) is 0 Å². The molecule has 1 aromatic heterocycles. The number of furan rings is 1. The zero-order valence-corrected chi connectivity index (χ0v) is 7.90. The Balaban J connectivity index is 1.81. The van der Waals surface area contributed by atoms with E-state index in [2.05, 4.69) is 5.32 Å². The van der Waals surface area contributed by atoms with Crippen LogP contribution in [0, 0.1) is 5.92 Å². The van der Waals surface area contributed by atoms with E-state index in [1.165, 1.54) is 6.42 Å². The summed E-state index contributed by atoms with van der Waals surface area (Å²) >= 11 is 0. The van der Waals surface area contributed by atoms with Crippen LogP contribution in [0.15, 0.2) is 22.8 Å². The van der Waals surface area contributed by atoms with E-state index in [1.54, 1.807) is 18.4 Å². The van der Waals surface area contributed by atoms with E-state index in [0.29, 0.717) is 17.8 Å². The van der Waals surface area contributed by atoms with Crippen LogP contribution in [-0.2, 0) is 0 Å². The molecule has 3 rings (SSSR count). The second-order valence-electron chi connectivity index (χ2n) is 4.23. The highest BCUT2D eigenvalue weighted by Gasteiger charge is 2.43. The van der Waals surface area contributed by atoms with Gasteiger partial charge in [-0.1, -0.05) is 0 Å². The van der Waals surface area contributed by atoms with Crippen molar-refractivity contribution in [3.8, 4) is 0 Å². The molecule has 2 aliphatic rings. The van der Waals surface area contributed by atoms with Crippen molar-refractivity contribution in [1.29, 1.82) is 0 Å². The first kappa shape index (κ1) is 8.24. The summed E-state index contributed by atoms with van der Waals surface area (Å²) in [6.07, 6.45) is 4.92. The largest absolute Gasteiger partial charge is 0.461 e. The molecular formula is C11H13NO2. The molecule has 0 amide bonds. The third-order valence-corrected chi connectivity index (χ3v) is 3.40. The lowest BCUT2D eigenvalue weighted by molar-refractivity contribution is 0.0872. The van der Waals surface area contributed by atoms with Crippen LogP contribution in [0.4, 0.5) is 0 Å². The quantitative estimate of drug-likeness (QED) is 0.722. The van der Waals surface area contributed by atoms with Crippen molar-refractivity contribution in [3.05, 3.63) is 24.2 Å². The molecular weight excluding hydrogens is 178 g/mol. The zero-order chi connectivity index (χ0) is 9.54. The van der Waals surface area contributed by atoms with Crippen LogP contribution >= 0.6 is 0 Å². The Labute approximate surface area is 82.5 Å². The van der Waals surface area contributed by atoms with Crippen molar-refractivity contribution in [2.75, 3.05) is 0 Å². The van der Waals surface area contributed by atoms with Crippen LogP contribution in [0.3, 0.4) is 0 Å². The van der Waals surface area contributed by atoms with Gasteiger partial charge in [0.05, 0.1) is 6.26 Å². The summed E-state index contributed by atoms with van der Waals surface area (Å²) in [7, 11) is 0.